The number of aryl methyl sites for hydroxylation is 2. The van der Waals surface area contributed by atoms with E-state index in [1.165, 1.54) is 10.6 Å². The SMILES string of the molecule is Cc1nc2nc(C(=O)NC3(C)CCS(=O)(=O)CC3)n(C)c2cc1Oc1ncc(F)cc1OCC(F)(F)F. The molecule has 1 aliphatic heterocycles. The predicted molar refractivity (Wildman–Crippen MR) is 123 cm³/mol. The third kappa shape index (κ3) is 6.09. The summed E-state index contributed by atoms with van der Waals surface area (Å²) in [6.07, 6.45) is -3.36. The molecule has 0 spiro atoms. The predicted octanol–water partition coefficient (Wildman–Crippen LogP) is 3.24. The van der Waals surface area contributed by atoms with Gasteiger partial charge in [-0.15, -0.1) is 0 Å². The second-order valence-corrected chi connectivity index (χ2v) is 11.3. The Hall–Kier alpha value is -3.49. The van der Waals surface area contributed by atoms with Crippen molar-refractivity contribution in [1.29, 1.82) is 0 Å². The van der Waals surface area contributed by atoms with Crippen molar-refractivity contribution < 1.29 is 40.2 Å². The van der Waals surface area contributed by atoms with Crippen LogP contribution in [0.25, 0.3) is 11.2 Å². The lowest BCUT2D eigenvalue weighted by Gasteiger charge is -2.34. The van der Waals surface area contributed by atoms with Crippen molar-refractivity contribution in [3.63, 3.8) is 0 Å². The molecular formula is C22H23F4N5O5S. The van der Waals surface area contributed by atoms with Crippen molar-refractivity contribution in [2.75, 3.05) is 18.1 Å². The van der Waals surface area contributed by atoms with Crippen molar-refractivity contribution in [1.82, 2.24) is 24.8 Å². The second kappa shape index (κ2) is 9.43. The van der Waals surface area contributed by atoms with Crippen LogP contribution in [0, 0.1) is 12.7 Å². The quantitative estimate of drug-likeness (QED) is 0.468. The Morgan fingerprint density at radius 3 is 2.51 bits per heavy atom. The minimum atomic E-state index is -4.66. The first-order chi connectivity index (χ1) is 17.1. The Morgan fingerprint density at radius 1 is 1.19 bits per heavy atom. The van der Waals surface area contributed by atoms with E-state index in [2.05, 4.69) is 25.0 Å². The van der Waals surface area contributed by atoms with Crippen molar-refractivity contribution >= 4 is 26.9 Å². The van der Waals surface area contributed by atoms with Crippen molar-refractivity contribution in [3.8, 4) is 17.4 Å². The Balaban J connectivity index is 1.60. The van der Waals surface area contributed by atoms with E-state index in [1.807, 2.05) is 0 Å². The highest BCUT2D eigenvalue weighted by Crippen LogP contribution is 2.34. The first-order valence-electron chi connectivity index (χ1n) is 11.0. The van der Waals surface area contributed by atoms with Gasteiger partial charge in [-0.05, 0) is 26.7 Å². The molecule has 0 aromatic carbocycles. The normalized spacial score (nSPS) is 16.9. The molecule has 200 valence electrons. The number of carbonyl (C=O) groups is 1. The summed E-state index contributed by atoms with van der Waals surface area (Å²) >= 11 is 0. The summed E-state index contributed by atoms with van der Waals surface area (Å²) < 4.78 is 86.6. The van der Waals surface area contributed by atoms with Gasteiger partial charge in [-0.3, -0.25) is 4.79 Å². The molecule has 0 atom stereocenters. The fourth-order valence-corrected chi connectivity index (χ4v) is 5.51. The van der Waals surface area contributed by atoms with Crippen LogP contribution in [-0.2, 0) is 16.9 Å². The van der Waals surface area contributed by atoms with Gasteiger partial charge in [0.15, 0.2) is 23.8 Å². The second-order valence-electron chi connectivity index (χ2n) is 9.04. The maximum absolute atomic E-state index is 13.6. The van der Waals surface area contributed by atoms with Gasteiger partial charge >= 0.3 is 6.18 Å². The summed E-state index contributed by atoms with van der Waals surface area (Å²) in [4.78, 5) is 25.3. The van der Waals surface area contributed by atoms with Crippen LogP contribution in [-0.4, -0.2) is 63.7 Å². The topological polar surface area (TPSA) is 125 Å². The van der Waals surface area contributed by atoms with Crippen LogP contribution in [0.5, 0.6) is 17.4 Å². The molecule has 3 aromatic heterocycles. The highest BCUT2D eigenvalue weighted by atomic mass is 32.2. The maximum atomic E-state index is 13.6. The molecule has 3 aromatic rings. The molecule has 0 bridgehead atoms. The van der Waals surface area contributed by atoms with Crippen LogP contribution in [0.4, 0.5) is 17.6 Å². The van der Waals surface area contributed by atoms with E-state index >= 15 is 0 Å². The molecular weight excluding hydrogens is 522 g/mol. The number of aromatic nitrogens is 4. The van der Waals surface area contributed by atoms with Crippen molar-refractivity contribution in [2.45, 2.75) is 38.4 Å². The van der Waals surface area contributed by atoms with Gasteiger partial charge < -0.3 is 19.4 Å². The average molecular weight is 546 g/mol. The number of alkyl halides is 3. The number of hydrogen-bond acceptors (Lipinski definition) is 8. The zero-order chi connectivity index (χ0) is 27.2. The van der Waals surface area contributed by atoms with Gasteiger partial charge in [-0.2, -0.15) is 13.2 Å². The van der Waals surface area contributed by atoms with Crippen LogP contribution >= 0.6 is 0 Å². The average Bonchev–Trinajstić information content (AvgIpc) is 3.11. The van der Waals surface area contributed by atoms with Gasteiger partial charge in [0.25, 0.3) is 11.8 Å². The zero-order valence-corrected chi connectivity index (χ0v) is 20.8. The summed E-state index contributed by atoms with van der Waals surface area (Å²) in [7, 11) is -1.56. The summed E-state index contributed by atoms with van der Waals surface area (Å²) in [5.74, 6) is -2.36. The molecule has 1 saturated heterocycles. The number of nitrogens with zero attached hydrogens (tertiary/aromatic N) is 4. The Morgan fingerprint density at radius 2 is 1.86 bits per heavy atom. The Labute approximate surface area is 208 Å². The van der Waals surface area contributed by atoms with Crippen LogP contribution in [0.2, 0.25) is 0 Å². The van der Waals surface area contributed by atoms with E-state index < -0.39 is 51.5 Å². The van der Waals surface area contributed by atoms with E-state index in [0.29, 0.717) is 5.52 Å². The number of carbonyl (C=O) groups excluding carboxylic acids is 1. The largest absolute Gasteiger partial charge is 0.478 e. The smallest absolute Gasteiger partial charge is 0.422 e. The first kappa shape index (κ1) is 26.6. The fourth-order valence-electron chi connectivity index (χ4n) is 3.78. The monoisotopic (exact) mass is 545 g/mol. The summed E-state index contributed by atoms with van der Waals surface area (Å²) in [6, 6.07) is 2.19. The molecule has 1 N–H and O–H groups in total. The molecule has 0 unspecified atom stereocenters. The van der Waals surface area contributed by atoms with Crippen molar-refractivity contribution in [2.24, 2.45) is 7.05 Å². The third-order valence-corrected chi connectivity index (χ3v) is 7.60. The van der Waals surface area contributed by atoms with E-state index in [1.54, 1.807) is 20.9 Å². The number of fused-ring (bicyclic) bond motifs is 1. The summed E-state index contributed by atoms with van der Waals surface area (Å²) in [6.45, 7) is 1.65. The number of amides is 1. The molecule has 1 aliphatic rings. The van der Waals surface area contributed by atoms with E-state index in [9.17, 15) is 30.8 Å². The minimum Gasteiger partial charge on any atom is -0.478 e. The number of rotatable bonds is 6. The lowest BCUT2D eigenvalue weighted by molar-refractivity contribution is -0.153. The number of imidazole rings is 1. The summed E-state index contributed by atoms with van der Waals surface area (Å²) in [5, 5.41) is 2.86. The number of nitrogens with one attached hydrogen (secondary N) is 1. The number of hydrogen-bond donors (Lipinski definition) is 1. The fraction of sp³-hybridized carbons (Fsp3) is 0.455. The highest BCUT2D eigenvalue weighted by Gasteiger charge is 2.35. The number of halogens is 4. The molecule has 1 fully saturated rings. The van der Waals surface area contributed by atoms with Crippen molar-refractivity contribution in [3.05, 3.63) is 35.7 Å². The van der Waals surface area contributed by atoms with E-state index in [4.69, 9.17) is 4.74 Å². The molecule has 1 amide bonds. The summed E-state index contributed by atoms with van der Waals surface area (Å²) in [5.41, 5.74) is 0.116. The lowest BCUT2D eigenvalue weighted by atomic mass is 9.95. The van der Waals surface area contributed by atoms with Gasteiger partial charge in [0.05, 0.1) is 28.9 Å². The van der Waals surface area contributed by atoms with Gasteiger partial charge in [0.2, 0.25) is 5.82 Å². The molecule has 0 radical (unpaired) electrons. The number of pyridine rings is 2. The highest BCUT2D eigenvalue weighted by molar-refractivity contribution is 7.91. The van der Waals surface area contributed by atoms with E-state index in [0.717, 1.165) is 12.3 Å². The molecule has 37 heavy (non-hydrogen) atoms. The number of sulfone groups is 1. The molecule has 4 heterocycles. The number of ether oxygens (including phenoxy) is 2. The standard InChI is InChI=1S/C22H23F4N5O5S/c1-12-15(36-20-16(8-13(23)10-27-20)35-11-22(24,25)26)9-14-17(28-12)29-18(31(14)3)19(32)30-21(2)4-6-37(33,34)7-5-21/h8-10H,4-7,11H2,1-3H3,(H,30,32). The lowest BCUT2D eigenvalue weighted by Crippen LogP contribution is -2.51. The Bertz CT molecular complexity index is 1460. The van der Waals surface area contributed by atoms with Gasteiger partial charge in [0, 0.05) is 24.7 Å². The third-order valence-electron chi connectivity index (χ3n) is 5.95. The first-order valence-corrected chi connectivity index (χ1v) is 12.9. The molecule has 10 nitrogen and oxygen atoms in total. The minimum absolute atomic E-state index is 0.0165. The van der Waals surface area contributed by atoms with Crippen LogP contribution < -0.4 is 14.8 Å². The molecule has 4 rings (SSSR count). The van der Waals surface area contributed by atoms with Gasteiger partial charge in [-0.25, -0.2) is 27.8 Å². The van der Waals surface area contributed by atoms with Crippen LogP contribution in [0.1, 0.15) is 36.1 Å². The van der Waals surface area contributed by atoms with Crippen LogP contribution in [0.15, 0.2) is 18.3 Å². The molecule has 0 saturated carbocycles. The van der Waals surface area contributed by atoms with Crippen LogP contribution in [0.3, 0.4) is 0 Å². The molecule has 15 heteroatoms. The molecule has 0 aliphatic carbocycles. The zero-order valence-electron chi connectivity index (χ0n) is 20.0. The maximum Gasteiger partial charge on any atom is 0.422 e. The Kier molecular flexibility index (Phi) is 6.77. The van der Waals surface area contributed by atoms with Gasteiger partial charge in [0.1, 0.15) is 15.7 Å². The van der Waals surface area contributed by atoms with Gasteiger partial charge in [-0.1, -0.05) is 0 Å². The van der Waals surface area contributed by atoms with E-state index in [-0.39, 0.29) is 47.3 Å².